The number of hydrogen-bond donors (Lipinski definition) is 1. The van der Waals surface area contributed by atoms with Gasteiger partial charge < -0.3 is 9.84 Å². The number of rotatable bonds is 4. The van der Waals surface area contributed by atoms with Gasteiger partial charge in [-0.3, -0.25) is 0 Å². The molecule has 0 saturated carbocycles. The van der Waals surface area contributed by atoms with E-state index in [1.807, 2.05) is 54.6 Å². The van der Waals surface area contributed by atoms with Gasteiger partial charge in [0.2, 0.25) is 0 Å². The molecule has 0 spiro atoms. The van der Waals surface area contributed by atoms with E-state index in [0.717, 1.165) is 33.2 Å². The zero-order valence-corrected chi connectivity index (χ0v) is 16.4. The van der Waals surface area contributed by atoms with Crippen molar-refractivity contribution in [1.82, 2.24) is 0 Å². The highest BCUT2D eigenvalue weighted by Crippen LogP contribution is 2.27. The van der Waals surface area contributed by atoms with Gasteiger partial charge in [-0.25, -0.2) is 0 Å². The van der Waals surface area contributed by atoms with Crippen LogP contribution in [0.25, 0.3) is 10.8 Å². The molecule has 0 aliphatic carbocycles. The first-order valence-corrected chi connectivity index (χ1v) is 9.62. The summed E-state index contributed by atoms with van der Waals surface area (Å²) in [7, 11) is 1.67. The van der Waals surface area contributed by atoms with Crippen LogP contribution >= 0.6 is 0 Å². The van der Waals surface area contributed by atoms with E-state index in [4.69, 9.17) is 4.74 Å². The van der Waals surface area contributed by atoms with Gasteiger partial charge >= 0.3 is 0 Å². The van der Waals surface area contributed by atoms with Gasteiger partial charge in [-0.1, -0.05) is 60.4 Å². The minimum atomic E-state index is 0.332. The Morgan fingerprint density at radius 1 is 0.793 bits per heavy atom. The van der Waals surface area contributed by atoms with Crippen LogP contribution in [0.5, 0.6) is 11.5 Å². The van der Waals surface area contributed by atoms with Gasteiger partial charge in [-0.15, -0.1) is 0 Å². The van der Waals surface area contributed by atoms with Gasteiger partial charge in [0.25, 0.3) is 0 Å². The molecule has 0 amide bonds. The number of hydrogen-bond acceptors (Lipinski definition) is 2. The first-order chi connectivity index (χ1) is 14.2. The Balaban J connectivity index is 1.57. The minimum Gasteiger partial charge on any atom is -0.508 e. The van der Waals surface area contributed by atoms with Crippen molar-refractivity contribution in [3.05, 3.63) is 107 Å². The van der Waals surface area contributed by atoms with Gasteiger partial charge in [0.15, 0.2) is 0 Å². The van der Waals surface area contributed by atoms with Crippen molar-refractivity contribution in [3.8, 4) is 23.3 Å². The molecule has 0 fully saturated rings. The normalized spacial score (nSPS) is 10.4. The highest BCUT2D eigenvalue weighted by molar-refractivity contribution is 5.86. The van der Waals surface area contributed by atoms with Crippen LogP contribution in [0.2, 0.25) is 0 Å². The molecular formula is C27H22O2. The van der Waals surface area contributed by atoms with Crippen LogP contribution in [0.15, 0.2) is 84.9 Å². The lowest BCUT2D eigenvalue weighted by atomic mass is 9.99. The molecule has 0 atom stereocenters. The molecule has 2 nitrogen and oxygen atoms in total. The summed E-state index contributed by atoms with van der Waals surface area (Å²) in [5, 5.41) is 12.5. The minimum absolute atomic E-state index is 0.332. The van der Waals surface area contributed by atoms with Crippen LogP contribution in [0.4, 0.5) is 0 Å². The lowest BCUT2D eigenvalue weighted by Crippen LogP contribution is -1.90. The molecule has 142 valence electrons. The Morgan fingerprint density at radius 2 is 1.62 bits per heavy atom. The van der Waals surface area contributed by atoms with Crippen LogP contribution in [-0.4, -0.2) is 12.2 Å². The number of benzene rings is 4. The number of phenolic OH excluding ortho intramolecular Hbond substituents is 1. The Kier molecular flexibility index (Phi) is 5.49. The Hall–Kier alpha value is -3.70. The largest absolute Gasteiger partial charge is 0.508 e. The molecule has 0 aliphatic rings. The molecular weight excluding hydrogens is 356 g/mol. The van der Waals surface area contributed by atoms with Crippen molar-refractivity contribution in [1.29, 1.82) is 0 Å². The summed E-state index contributed by atoms with van der Waals surface area (Å²) in [6, 6.07) is 28.1. The lowest BCUT2D eigenvalue weighted by Gasteiger charge is -2.08. The molecule has 0 radical (unpaired) electrons. The lowest BCUT2D eigenvalue weighted by molar-refractivity contribution is 0.414. The SMILES string of the molecule is COc1cccc(CC#Cc2ccc3cc(O)c(Cc4ccccc4)cc3c2)c1. The molecule has 4 rings (SSSR count). The average Bonchev–Trinajstić information content (AvgIpc) is 2.75. The fourth-order valence-electron chi connectivity index (χ4n) is 3.40. The maximum absolute atomic E-state index is 10.4. The Labute approximate surface area is 171 Å². The van der Waals surface area contributed by atoms with Crippen molar-refractivity contribution in [2.24, 2.45) is 0 Å². The number of ether oxygens (including phenoxy) is 1. The van der Waals surface area contributed by atoms with E-state index in [1.54, 1.807) is 7.11 Å². The van der Waals surface area contributed by atoms with E-state index in [1.165, 1.54) is 5.56 Å². The number of aromatic hydroxyl groups is 1. The second-order valence-electron chi connectivity index (χ2n) is 7.04. The van der Waals surface area contributed by atoms with E-state index in [-0.39, 0.29) is 0 Å². The van der Waals surface area contributed by atoms with Gasteiger partial charge in [0, 0.05) is 18.4 Å². The van der Waals surface area contributed by atoms with E-state index < -0.39 is 0 Å². The van der Waals surface area contributed by atoms with Gasteiger partial charge in [-0.05, 0) is 63.9 Å². The molecule has 1 N–H and O–H groups in total. The van der Waals surface area contributed by atoms with Crippen molar-refractivity contribution in [3.63, 3.8) is 0 Å². The van der Waals surface area contributed by atoms with Crippen LogP contribution in [0, 0.1) is 11.8 Å². The molecule has 0 bridgehead atoms. The van der Waals surface area contributed by atoms with Crippen molar-refractivity contribution < 1.29 is 9.84 Å². The van der Waals surface area contributed by atoms with Crippen LogP contribution in [0.1, 0.15) is 22.3 Å². The highest BCUT2D eigenvalue weighted by Gasteiger charge is 2.06. The molecule has 29 heavy (non-hydrogen) atoms. The van der Waals surface area contributed by atoms with Crippen LogP contribution < -0.4 is 4.74 Å². The van der Waals surface area contributed by atoms with E-state index >= 15 is 0 Å². The molecule has 0 saturated heterocycles. The van der Waals surface area contributed by atoms with E-state index in [0.29, 0.717) is 18.6 Å². The number of fused-ring (bicyclic) bond motifs is 1. The third-order valence-corrected chi connectivity index (χ3v) is 4.93. The fourth-order valence-corrected chi connectivity index (χ4v) is 3.40. The van der Waals surface area contributed by atoms with Crippen molar-refractivity contribution >= 4 is 10.8 Å². The molecule has 0 heterocycles. The number of phenols is 1. The monoisotopic (exact) mass is 378 g/mol. The van der Waals surface area contributed by atoms with Crippen molar-refractivity contribution in [2.75, 3.05) is 7.11 Å². The molecule has 0 unspecified atom stereocenters. The maximum atomic E-state index is 10.4. The quantitative estimate of drug-likeness (QED) is 0.459. The second-order valence-corrected chi connectivity index (χ2v) is 7.04. The second kappa shape index (κ2) is 8.54. The molecule has 0 aliphatic heterocycles. The smallest absolute Gasteiger partial charge is 0.119 e. The molecule has 2 heteroatoms. The number of methoxy groups -OCH3 is 1. The zero-order valence-electron chi connectivity index (χ0n) is 16.4. The fraction of sp³-hybridized carbons (Fsp3) is 0.111. The summed E-state index contributed by atoms with van der Waals surface area (Å²) in [5.74, 6) is 7.68. The average molecular weight is 378 g/mol. The summed E-state index contributed by atoms with van der Waals surface area (Å²) in [6.45, 7) is 0. The third-order valence-electron chi connectivity index (χ3n) is 4.93. The molecule has 4 aromatic carbocycles. The predicted molar refractivity (Wildman–Crippen MR) is 118 cm³/mol. The van der Waals surface area contributed by atoms with Crippen molar-refractivity contribution in [2.45, 2.75) is 12.8 Å². The topological polar surface area (TPSA) is 29.5 Å². The Bertz CT molecular complexity index is 1200. The first kappa shape index (κ1) is 18.7. The summed E-state index contributed by atoms with van der Waals surface area (Å²) in [4.78, 5) is 0. The molecule has 4 aromatic rings. The van der Waals surface area contributed by atoms with Crippen LogP contribution in [0.3, 0.4) is 0 Å². The third kappa shape index (κ3) is 4.59. The standard InChI is InChI=1S/C27H22O2/c1-29-26-12-6-11-21(17-26)9-5-10-22-13-14-23-19-27(28)25(18-24(23)15-22)16-20-7-3-2-4-8-20/h2-4,6-8,11-15,17-19,28H,9,16H2,1H3. The Morgan fingerprint density at radius 3 is 2.45 bits per heavy atom. The highest BCUT2D eigenvalue weighted by atomic mass is 16.5. The van der Waals surface area contributed by atoms with Gasteiger partial charge in [0.1, 0.15) is 11.5 Å². The predicted octanol–water partition coefficient (Wildman–Crippen LogP) is 5.74. The molecule has 0 aromatic heterocycles. The summed E-state index contributed by atoms with van der Waals surface area (Å²) < 4.78 is 5.26. The van der Waals surface area contributed by atoms with Gasteiger partial charge in [-0.2, -0.15) is 0 Å². The maximum Gasteiger partial charge on any atom is 0.119 e. The summed E-state index contributed by atoms with van der Waals surface area (Å²) in [5.41, 5.74) is 4.20. The van der Waals surface area contributed by atoms with E-state index in [9.17, 15) is 5.11 Å². The van der Waals surface area contributed by atoms with E-state index in [2.05, 4.69) is 42.2 Å². The van der Waals surface area contributed by atoms with Gasteiger partial charge in [0.05, 0.1) is 7.11 Å². The first-order valence-electron chi connectivity index (χ1n) is 9.62. The summed E-state index contributed by atoms with van der Waals surface area (Å²) in [6.07, 6.45) is 1.37. The zero-order chi connectivity index (χ0) is 20.1. The van der Waals surface area contributed by atoms with Crippen LogP contribution in [-0.2, 0) is 12.8 Å². The summed E-state index contributed by atoms with van der Waals surface area (Å²) >= 11 is 0.